The smallest absolute Gasteiger partial charge is 0.316 e. The Morgan fingerprint density at radius 1 is 1.03 bits per heavy atom. The number of carbonyl (C=O) groups excluding carboxylic acids is 1. The van der Waals surface area contributed by atoms with Crippen LogP contribution in [0.25, 0.3) is 11.4 Å². The monoisotopic (exact) mass is 473 g/mol. The highest BCUT2D eigenvalue weighted by atomic mass is 35.5. The number of ether oxygens (including phenoxy) is 1. The highest BCUT2D eigenvalue weighted by Gasteiger charge is 2.18. The van der Waals surface area contributed by atoms with Gasteiger partial charge < -0.3 is 19.7 Å². The van der Waals surface area contributed by atoms with Crippen LogP contribution in [0.5, 0.6) is 17.2 Å². The maximum Gasteiger partial charge on any atom is 0.316 e. The summed E-state index contributed by atoms with van der Waals surface area (Å²) in [5.74, 6) is -0.223. The van der Waals surface area contributed by atoms with Gasteiger partial charge in [-0.1, -0.05) is 40.5 Å². The van der Waals surface area contributed by atoms with Crippen LogP contribution in [0.3, 0.4) is 0 Å². The van der Waals surface area contributed by atoms with Crippen LogP contribution in [0, 0.1) is 5.82 Å². The molecule has 1 aromatic heterocycles. The molecule has 162 valence electrons. The van der Waals surface area contributed by atoms with Gasteiger partial charge in [0.25, 0.3) is 0 Å². The third-order valence-electron chi connectivity index (χ3n) is 4.32. The van der Waals surface area contributed by atoms with Gasteiger partial charge in [-0.25, -0.2) is 4.39 Å². The summed E-state index contributed by atoms with van der Waals surface area (Å²) in [4.78, 5) is 16.4. The van der Waals surface area contributed by atoms with Gasteiger partial charge in [-0.3, -0.25) is 4.79 Å². The lowest BCUT2D eigenvalue weighted by Gasteiger charge is -2.07. The van der Waals surface area contributed by atoms with E-state index in [2.05, 4.69) is 15.5 Å². The average molecular weight is 474 g/mol. The van der Waals surface area contributed by atoms with Crippen molar-refractivity contribution < 1.29 is 23.6 Å². The fourth-order valence-corrected chi connectivity index (χ4v) is 3.19. The van der Waals surface area contributed by atoms with Crippen molar-refractivity contribution in [2.75, 3.05) is 0 Å². The van der Waals surface area contributed by atoms with Crippen molar-refractivity contribution in [3.8, 4) is 28.6 Å². The number of halogens is 3. The van der Waals surface area contributed by atoms with E-state index in [1.54, 1.807) is 24.3 Å². The normalized spacial score (nSPS) is 10.7. The predicted molar refractivity (Wildman–Crippen MR) is 116 cm³/mol. The Balaban J connectivity index is 1.36. The van der Waals surface area contributed by atoms with Gasteiger partial charge in [-0.2, -0.15) is 4.98 Å². The largest absolute Gasteiger partial charge is 0.505 e. The summed E-state index contributed by atoms with van der Waals surface area (Å²) in [7, 11) is 0. The molecule has 2 N–H and O–H groups in total. The van der Waals surface area contributed by atoms with Crippen molar-refractivity contribution in [1.82, 2.24) is 15.5 Å². The third-order valence-corrected chi connectivity index (χ3v) is 4.90. The van der Waals surface area contributed by atoms with Crippen LogP contribution >= 0.6 is 23.2 Å². The summed E-state index contributed by atoms with van der Waals surface area (Å²) >= 11 is 11.8. The first kappa shape index (κ1) is 21.6. The van der Waals surface area contributed by atoms with Gasteiger partial charge in [0.1, 0.15) is 17.3 Å². The maximum absolute atomic E-state index is 13.0. The molecule has 4 aromatic rings. The van der Waals surface area contributed by atoms with E-state index in [0.717, 1.165) is 5.56 Å². The summed E-state index contributed by atoms with van der Waals surface area (Å²) in [6, 6.07) is 15.5. The number of phenols is 1. The van der Waals surface area contributed by atoms with Crippen LogP contribution in [-0.2, 0) is 6.54 Å². The van der Waals surface area contributed by atoms with Crippen LogP contribution in [0.1, 0.15) is 16.2 Å². The number of hydrogen-bond donors (Lipinski definition) is 2. The molecular weight excluding hydrogens is 460 g/mol. The second-order valence-corrected chi connectivity index (χ2v) is 7.41. The first-order valence-electron chi connectivity index (χ1n) is 9.21. The number of nitrogens with one attached hydrogen (secondary N) is 1. The molecule has 3 aromatic carbocycles. The van der Waals surface area contributed by atoms with Crippen LogP contribution in [0.4, 0.5) is 4.39 Å². The van der Waals surface area contributed by atoms with E-state index in [-0.39, 0.29) is 39.9 Å². The zero-order valence-corrected chi connectivity index (χ0v) is 17.7. The van der Waals surface area contributed by atoms with Crippen molar-refractivity contribution in [2.24, 2.45) is 0 Å². The van der Waals surface area contributed by atoms with Crippen molar-refractivity contribution in [2.45, 2.75) is 6.54 Å². The molecule has 0 aliphatic heterocycles. The standard InChI is InChI=1S/C22H14Cl2FN3O4/c23-17-9-13(10-18(24)19(17)29)20-27-22(32-28-20)21(30)26-11-12-1-5-15(6-2-12)31-16-7-3-14(25)4-8-16/h1-10,29H,11H2,(H,26,30). The lowest BCUT2D eigenvalue weighted by atomic mass is 10.2. The summed E-state index contributed by atoms with van der Waals surface area (Å²) < 4.78 is 23.6. The fraction of sp³-hybridized carbons (Fsp3) is 0.0455. The van der Waals surface area contributed by atoms with Gasteiger partial charge in [0, 0.05) is 12.1 Å². The first-order chi connectivity index (χ1) is 15.4. The Hall–Kier alpha value is -3.62. The summed E-state index contributed by atoms with van der Waals surface area (Å²) in [5, 5.41) is 16.1. The second kappa shape index (κ2) is 9.25. The minimum absolute atomic E-state index is 0.0233. The van der Waals surface area contributed by atoms with Gasteiger partial charge in [-0.15, -0.1) is 0 Å². The number of carbonyl (C=O) groups is 1. The maximum atomic E-state index is 13.0. The van der Waals surface area contributed by atoms with Gasteiger partial charge in [0.15, 0.2) is 5.75 Å². The summed E-state index contributed by atoms with van der Waals surface area (Å²) in [6.45, 7) is 0.213. The van der Waals surface area contributed by atoms with E-state index in [4.69, 9.17) is 32.5 Å². The fourth-order valence-electron chi connectivity index (χ4n) is 2.70. The number of amides is 1. The number of aromatic hydroxyl groups is 1. The Bertz CT molecular complexity index is 1240. The Labute approximate surface area is 191 Å². The zero-order valence-electron chi connectivity index (χ0n) is 16.2. The predicted octanol–water partition coefficient (Wildman–Crippen LogP) is 5.61. The van der Waals surface area contributed by atoms with Crippen molar-refractivity contribution in [3.63, 3.8) is 0 Å². The first-order valence-corrected chi connectivity index (χ1v) is 9.97. The highest BCUT2D eigenvalue weighted by Crippen LogP contribution is 2.35. The molecule has 1 heterocycles. The van der Waals surface area contributed by atoms with E-state index >= 15 is 0 Å². The molecule has 0 unspecified atom stereocenters. The van der Waals surface area contributed by atoms with Crippen LogP contribution < -0.4 is 10.1 Å². The molecule has 0 saturated carbocycles. The van der Waals surface area contributed by atoms with Crippen LogP contribution in [-0.4, -0.2) is 21.2 Å². The zero-order chi connectivity index (χ0) is 22.7. The summed E-state index contributed by atoms with van der Waals surface area (Å²) in [5.41, 5.74) is 1.19. The molecular formula is C22H14Cl2FN3O4. The Morgan fingerprint density at radius 3 is 2.25 bits per heavy atom. The summed E-state index contributed by atoms with van der Waals surface area (Å²) in [6.07, 6.45) is 0. The van der Waals surface area contributed by atoms with Crippen molar-refractivity contribution in [3.05, 3.63) is 88.0 Å². The van der Waals surface area contributed by atoms with E-state index in [1.807, 2.05) is 0 Å². The number of hydrogen-bond acceptors (Lipinski definition) is 6. The SMILES string of the molecule is O=C(NCc1ccc(Oc2ccc(F)cc2)cc1)c1nc(-c2cc(Cl)c(O)c(Cl)c2)no1. The minimum atomic E-state index is -0.564. The molecule has 0 aliphatic carbocycles. The molecule has 0 fully saturated rings. The minimum Gasteiger partial charge on any atom is -0.505 e. The average Bonchev–Trinajstić information content (AvgIpc) is 3.28. The molecule has 4 rings (SSSR count). The van der Waals surface area contributed by atoms with E-state index in [1.165, 1.54) is 36.4 Å². The number of rotatable bonds is 6. The lowest BCUT2D eigenvalue weighted by molar-refractivity contribution is 0.0907. The molecule has 0 radical (unpaired) electrons. The number of benzene rings is 3. The molecule has 0 saturated heterocycles. The number of phenolic OH excluding ortho intramolecular Hbond substituents is 1. The topological polar surface area (TPSA) is 97.5 Å². The quantitative estimate of drug-likeness (QED) is 0.377. The van der Waals surface area contributed by atoms with E-state index in [0.29, 0.717) is 17.1 Å². The second-order valence-electron chi connectivity index (χ2n) is 6.59. The Kier molecular flexibility index (Phi) is 6.25. The Morgan fingerprint density at radius 2 is 1.62 bits per heavy atom. The van der Waals surface area contributed by atoms with Gasteiger partial charge >= 0.3 is 11.8 Å². The highest BCUT2D eigenvalue weighted by molar-refractivity contribution is 6.37. The van der Waals surface area contributed by atoms with Gasteiger partial charge in [0.2, 0.25) is 5.82 Å². The van der Waals surface area contributed by atoms with Gasteiger partial charge in [-0.05, 0) is 54.1 Å². The van der Waals surface area contributed by atoms with E-state index < -0.39 is 5.91 Å². The molecule has 32 heavy (non-hydrogen) atoms. The molecule has 7 nitrogen and oxygen atoms in total. The molecule has 0 atom stereocenters. The van der Waals surface area contributed by atoms with Crippen molar-refractivity contribution >= 4 is 29.1 Å². The number of aromatic nitrogens is 2. The van der Waals surface area contributed by atoms with Crippen LogP contribution in [0.15, 0.2) is 65.2 Å². The number of nitrogens with zero attached hydrogens (tertiary/aromatic N) is 2. The molecule has 0 aliphatic rings. The molecule has 0 spiro atoms. The van der Waals surface area contributed by atoms with Gasteiger partial charge in [0.05, 0.1) is 10.0 Å². The van der Waals surface area contributed by atoms with Crippen LogP contribution in [0.2, 0.25) is 10.0 Å². The van der Waals surface area contributed by atoms with E-state index in [9.17, 15) is 14.3 Å². The third kappa shape index (κ3) is 4.99. The lowest BCUT2D eigenvalue weighted by Crippen LogP contribution is -2.23. The molecule has 0 bridgehead atoms. The van der Waals surface area contributed by atoms with Crippen molar-refractivity contribution in [1.29, 1.82) is 0 Å². The molecule has 10 heteroatoms. The molecule has 1 amide bonds.